The Kier molecular flexibility index (Phi) is 3.33. The van der Waals surface area contributed by atoms with E-state index >= 15 is 0 Å². The lowest BCUT2D eigenvalue weighted by Crippen LogP contribution is -1.98. The van der Waals surface area contributed by atoms with Crippen LogP contribution in [0, 0.1) is 3.57 Å². The van der Waals surface area contributed by atoms with Crippen LogP contribution in [0.5, 0.6) is 0 Å². The van der Waals surface area contributed by atoms with Crippen molar-refractivity contribution in [3.63, 3.8) is 0 Å². The van der Waals surface area contributed by atoms with Crippen LogP contribution >= 0.6 is 34.2 Å². The Morgan fingerprint density at radius 1 is 1.27 bits per heavy atom. The molecule has 78 valence electrons. The molecule has 1 atom stereocenters. The Morgan fingerprint density at radius 3 is 2.67 bits per heavy atom. The summed E-state index contributed by atoms with van der Waals surface area (Å²) >= 11 is 8.12. The SMILES string of the molecule is OC(c1ccoc1)c1ccc(I)c(Cl)c1. The number of aliphatic hydroxyl groups is 1. The Labute approximate surface area is 106 Å². The molecule has 15 heavy (non-hydrogen) atoms. The summed E-state index contributed by atoms with van der Waals surface area (Å²) in [5.41, 5.74) is 1.49. The first-order valence-electron chi connectivity index (χ1n) is 4.33. The molecule has 1 heterocycles. The highest BCUT2D eigenvalue weighted by Gasteiger charge is 2.12. The van der Waals surface area contributed by atoms with Gasteiger partial charge in [-0.2, -0.15) is 0 Å². The third-order valence-corrected chi connectivity index (χ3v) is 3.69. The summed E-state index contributed by atoms with van der Waals surface area (Å²) in [7, 11) is 0. The van der Waals surface area contributed by atoms with Crippen molar-refractivity contribution in [3.8, 4) is 0 Å². The van der Waals surface area contributed by atoms with E-state index in [9.17, 15) is 5.11 Å². The average molecular weight is 335 g/mol. The summed E-state index contributed by atoms with van der Waals surface area (Å²) in [6, 6.07) is 7.23. The van der Waals surface area contributed by atoms with Crippen LogP contribution in [0.3, 0.4) is 0 Å². The van der Waals surface area contributed by atoms with E-state index in [4.69, 9.17) is 16.0 Å². The number of furan rings is 1. The van der Waals surface area contributed by atoms with Gasteiger partial charge in [0.1, 0.15) is 6.10 Å². The summed E-state index contributed by atoms with van der Waals surface area (Å²) in [6.07, 6.45) is 2.38. The molecule has 0 amide bonds. The maximum absolute atomic E-state index is 9.97. The zero-order valence-corrected chi connectivity index (χ0v) is 10.6. The van der Waals surface area contributed by atoms with Gasteiger partial charge >= 0.3 is 0 Å². The standard InChI is InChI=1S/C11H8ClIO2/c12-9-5-7(1-2-10(9)13)11(14)8-3-4-15-6-8/h1-6,11,14H. The van der Waals surface area contributed by atoms with E-state index in [-0.39, 0.29) is 0 Å². The molecule has 0 fully saturated rings. The predicted octanol–water partition coefficient (Wildman–Crippen LogP) is 3.62. The van der Waals surface area contributed by atoms with E-state index in [2.05, 4.69) is 22.6 Å². The molecule has 1 aromatic carbocycles. The summed E-state index contributed by atoms with van der Waals surface area (Å²) in [5, 5.41) is 10.6. The van der Waals surface area contributed by atoms with E-state index in [1.807, 2.05) is 12.1 Å². The first-order chi connectivity index (χ1) is 7.18. The van der Waals surface area contributed by atoms with E-state index in [1.54, 1.807) is 12.1 Å². The van der Waals surface area contributed by atoms with Gasteiger partial charge in [-0.05, 0) is 46.4 Å². The third kappa shape index (κ3) is 2.35. The van der Waals surface area contributed by atoms with Crippen LogP contribution in [0.1, 0.15) is 17.2 Å². The largest absolute Gasteiger partial charge is 0.472 e. The lowest BCUT2D eigenvalue weighted by atomic mass is 10.0. The Balaban J connectivity index is 2.34. The van der Waals surface area contributed by atoms with Crippen molar-refractivity contribution in [3.05, 3.63) is 56.5 Å². The molecule has 0 aliphatic heterocycles. The second-order valence-electron chi connectivity index (χ2n) is 3.13. The van der Waals surface area contributed by atoms with Gasteiger partial charge in [-0.3, -0.25) is 0 Å². The molecule has 0 saturated heterocycles. The van der Waals surface area contributed by atoms with Gasteiger partial charge in [0.25, 0.3) is 0 Å². The van der Waals surface area contributed by atoms with Crippen molar-refractivity contribution < 1.29 is 9.52 Å². The maximum Gasteiger partial charge on any atom is 0.107 e. The highest BCUT2D eigenvalue weighted by atomic mass is 127. The van der Waals surface area contributed by atoms with Gasteiger partial charge in [-0.15, -0.1) is 0 Å². The summed E-state index contributed by atoms with van der Waals surface area (Å²) in [5.74, 6) is 0. The second-order valence-corrected chi connectivity index (χ2v) is 4.70. The summed E-state index contributed by atoms with van der Waals surface area (Å²) in [6.45, 7) is 0. The van der Waals surface area contributed by atoms with Gasteiger partial charge in [-0.1, -0.05) is 17.7 Å². The third-order valence-electron chi connectivity index (χ3n) is 2.12. The van der Waals surface area contributed by atoms with Crippen LogP contribution in [-0.4, -0.2) is 5.11 Å². The van der Waals surface area contributed by atoms with Gasteiger partial charge in [-0.25, -0.2) is 0 Å². The van der Waals surface area contributed by atoms with Crippen molar-refractivity contribution in [1.29, 1.82) is 0 Å². The van der Waals surface area contributed by atoms with Crippen molar-refractivity contribution in [2.45, 2.75) is 6.10 Å². The lowest BCUT2D eigenvalue weighted by molar-refractivity contribution is 0.219. The Bertz CT molecular complexity index is 454. The van der Waals surface area contributed by atoms with Crippen molar-refractivity contribution >= 4 is 34.2 Å². The van der Waals surface area contributed by atoms with Gasteiger partial charge < -0.3 is 9.52 Å². The van der Waals surface area contributed by atoms with Crippen LogP contribution in [0.15, 0.2) is 41.2 Å². The first kappa shape index (κ1) is 11.0. The minimum atomic E-state index is -0.682. The topological polar surface area (TPSA) is 33.4 Å². The number of rotatable bonds is 2. The monoisotopic (exact) mass is 334 g/mol. The molecule has 0 aliphatic carbocycles. The fraction of sp³-hybridized carbons (Fsp3) is 0.0909. The van der Waals surface area contributed by atoms with Crippen molar-refractivity contribution in [2.24, 2.45) is 0 Å². The molecular weight excluding hydrogens is 326 g/mol. The highest BCUT2D eigenvalue weighted by molar-refractivity contribution is 14.1. The lowest BCUT2D eigenvalue weighted by Gasteiger charge is -2.09. The molecule has 1 unspecified atom stereocenters. The quantitative estimate of drug-likeness (QED) is 0.851. The van der Waals surface area contributed by atoms with Gasteiger partial charge in [0.15, 0.2) is 0 Å². The second kappa shape index (κ2) is 4.55. The fourth-order valence-electron chi connectivity index (χ4n) is 1.31. The summed E-state index contributed by atoms with van der Waals surface area (Å²) in [4.78, 5) is 0. The number of hydrogen-bond donors (Lipinski definition) is 1. The molecule has 0 spiro atoms. The number of benzene rings is 1. The highest BCUT2D eigenvalue weighted by Crippen LogP contribution is 2.27. The maximum atomic E-state index is 9.97. The molecule has 2 nitrogen and oxygen atoms in total. The van der Waals surface area contributed by atoms with Crippen LogP contribution in [0.25, 0.3) is 0 Å². The number of aliphatic hydroxyl groups excluding tert-OH is 1. The molecule has 0 aliphatic rings. The van der Waals surface area contributed by atoms with E-state index < -0.39 is 6.10 Å². The Morgan fingerprint density at radius 2 is 2.07 bits per heavy atom. The molecule has 2 rings (SSSR count). The molecule has 1 aromatic heterocycles. The zero-order chi connectivity index (χ0) is 10.8. The molecule has 1 N–H and O–H groups in total. The van der Waals surface area contributed by atoms with E-state index in [0.717, 1.165) is 14.7 Å². The van der Waals surface area contributed by atoms with Crippen molar-refractivity contribution in [2.75, 3.05) is 0 Å². The van der Waals surface area contributed by atoms with Gasteiger partial charge in [0, 0.05) is 9.13 Å². The minimum Gasteiger partial charge on any atom is -0.472 e. The van der Waals surface area contributed by atoms with E-state index in [0.29, 0.717) is 5.02 Å². The normalized spacial score (nSPS) is 12.7. The first-order valence-corrected chi connectivity index (χ1v) is 5.79. The molecule has 2 aromatic rings. The smallest absolute Gasteiger partial charge is 0.107 e. The molecule has 4 heteroatoms. The van der Waals surface area contributed by atoms with Crippen LogP contribution < -0.4 is 0 Å². The van der Waals surface area contributed by atoms with Crippen LogP contribution in [-0.2, 0) is 0 Å². The summed E-state index contributed by atoms with van der Waals surface area (Å²) < 4.78 is 5.89. The van der Waals surface area contributed by atoms with Crippen LogP contribution in [0.2, 0.25) is 5.02 Å². The van der Waals surface area contributed by atoms with Crippen molar-refractivity contribution in [1.82, 2.24) is 0 Å². The number of hydrogen-bond acceptors (Lipinski definition) is 2. The molecule has 0 bridgehead atoms. The average Bonchev–Trinajstić information content (AvgIpc) is 2.74. The molecule has 0 radical (unpaired) electrons. The molecule has 0 saturated carbocycles. The zero-order valence-electron chi connectivity index (χ0n) is 7.65. The van der Waals surface area contributed by atoms with Crippen LogP contribution in [0.4, 0.5) is 0 Å². The molecular formula is C11H8ClIO2. The van der Waals surface area contributed by atoms with E-state index in [1.165, 1.54) is 12.5 Å². The fourth-order valence-corrected chi connectivity index (χ4v) is 1.83. The Hall–Kier alpha value is -0.520. The predicted molar refractivity (Wildman–Crippen MR) is 66.9 cm³/mol. The van der Waals surface area contributed by atoms with Gasteiger partial charge in [0.05, 0.1) is 17.5 Å². The number of halogens is 2. The van der Waals surface area contributed by atoms with Gasteiger partial charge in [0.2, 0.25) is 0 Å². The minimum absolute atomic E-state index is 0.649.